The van der Waals surface area contributed by atoms with E-state index < -0.39 is 11.7 Å². The third-order valence-corrected chi connectivity index (χ3v) is 4.39. The first-order valence-corrected chi connectivity index (χ1v) is 8.63. The Morgan fingerprint density at radius 3 is 2.37 bits per heavy atom. The number of nitrogens with zero attached hydrogens (tertiary/aromatic N) is 1. The number of carbonyl (C=O) groups is 2. The zero-order chi connectivity index (χ0) is 19.6. The zero-order valence-electron chi connectivity index (χ0n) is 15.8. The minimum absolute atomic E-state index is 0.172. The number of ketones is 1. The van der Waals surface area contributed by atoms with Gasteiger partial charge in [0, 0.05) is 34.9 Å². The van der Waals surface area contributed by atoms with E-state index >= 15 is 0 Å². The van der Waals surface area contributed by atoms with Crippen LogP contribution in [-0.4, -0.2) is 30.5 Å². The maximum absolute atomic E-state index is 12.8. The van der Waals surface area contributed by atoms with Gasteiger partial charge in [-0.1, -0.05) is 18.2 Å². The van der Waals surface area contributed by atoms with Gasteiger partial charge in [0.05, 0.1) is 19.8 Å². The van der Waals surface area contributed by atoms with Crippen LogP contribution in [0.2, 0.25) is 0 Å². The molecule has 1 aromatic heterocycles. The molecule has 1 heterocycles. The molecule has 0 radical (unpaired) electrons. The van der Waals surface area contributed by atoms with Gasteiger partial charge in [-0.2, -0.15) is 0 Å². The third kappa shape index (κ3) is 3.51. The molecule has 2 aromatic carbocycles. The first-order valence-electron chi connectivity index (χ1n) is 8.63. The number of methoxy groups -OCH3 is 2. The van der Waals surface area contributed by atoms with Crippen molar-refractivity contribution in [3.05, 3.63) is 54.2 Å². The SMILES string of the molecule is COc1ccc(NC(=O)C(=O)c2cn(C(C)C)c3ccccc23)cc1OC. The number of Topliss-reactive ketones (excluding diaryl/α,β-unsaturated/α-hetero) is 1. The first-order chi connectivity index (χ1) is 13.0. The molecule has 6 nitrogen and oxygen atoms in total. The average molecular weight is 366 g/mol. The fraction of sp³-hybridized carbons (Fsp3) is 0.238. The predicted molar refractivity (Wildman–Crippen MR) is 105 cm³/mol. The van der Waals surface area contributed by atoms with E-state index in [1.165, 1.54) is 14.2 Å². The van der Waals surface area contributed by atoms with Crippen LogP contribution in [0.15, 0.2) is 48.7 Å². The van der Waals surface area contributed by atoms with Crippen LogP contribution in [0.1, 0.15) is 30.2 Å². The third-order valence-electron chi connectivity index (χ3n) is 4.39. The molecule has 0 spiro atoms. The molecule has 0 bridgehead atoms. The molecule has 1 amide bonds. The standard InChI is InChI=1S/C21H22N2O4/c1-13(2)23-12-16(15-7-5-6-8-17(15)23)20(24)21(25)22-14-9-10-18(26-3)19(11-14)27-4/h5-13H,1-4H3,(H,22,25). The number of hydrogen-bond donors (Lipinski definition) is 1. The van der Waals surface area contributed by atoms with E-state index in [1.54, 1.807) is 24.4 Å². The van der Waals surface area contributed by atoms with Crippen molar-refractivity contribution in [2.24, 2.45) is 0 Å². The number of fused-ring (bicyclic) bond motifs is 1. The van der Waals surface area contributed by atoms with Crippen molar-refractivity contribution in [1.82, 2.24) is 4.57 Å². The second-order valence-electron chi connectivity index (χ2n) is 6.41. The lowest BCUT2D eigenvalue weighted by molar-refractivity contribution is -0.112. The van der Waals surface area contributed by atoms with Gasteiger partial charge in [0.1, 0.15) is 0 Å². The maximum atomic E-state index is 12.8. The minimum Gasteiger partial charge on any atom is -0.493 e. The van der Waals surface area contributed by atoms with Crippen LogP contribution < -0.4 is 14.8 Å². The summed E-state index contributed by atoms with van der Waals surface area (Å²) in [6.45, 7) is 4.06. The lowest BCUT2D eigenvalue weighted by Crippen LogP contribution is -2.22. The summed E-state index contributed by atoms with van der Waals surface area (Å²) in [7, 11) is 3.04. The van der Waals surface area contributed by atoms with Crippen molar-refractivity contribution in [3.63, 3.8) is 0 Å². The highest BCUT2D eigenvalue weighted by molar-refractivity contribution is 6.48. The Morgan fingerprint density at radius 1 is 1.00 bits per heavy atom. The quantitative estimate of drug-likeness (QED) is 0.528. The molecule has 0 fully saturated rings. The molecule has 0 atom stereocenters. The molecule has 27 heavy (non-hydrogen) atoms. The summed E-state index contributed by atoms with van der Waals surface area (Å²) in [6.07, 6.45) is 1.74. The van der Waals surface area contributed by atoms with Gasteiger partial charge in [0.25, 0.3) is 11.7 Å². The number of hydrogen-bond acceptors (Lipinski definition) is 4. The van der Waals surface area contributed by atoms with Crippen LogP contribution in [0.25, 0.3) is 10.9 Å². The number of nitrogens with one attached hydrogen (secondary N) is 1. The Hall–Kier alpha value is -3.28. The Balaban J connectivity index is 1.90. The molecular formula is C21H22N2O4. The largest absolute Gasteiger partial charge is 0.493 e. The highest BCUT2D eigenvalue weighted by Gasteiger charge is 2.22. The number of para-hydroxylation sites is 1. The number of benzene rings is 2. The number of anilines is 1. The van der Waals surface area contributed by atoms with Crippen molar-refractivity contribution in [1.29, 1.82) is 0 Å². The normalized spacial score (nSPS) is 10.9. The highest BCUT2D eigenvalue weighted by Crippen LogP contribution is 2.30. The summed E-state index contributed by atoms with van der Waals surface area (Å²) in [5.74, 6) is -0.268. The van der Waals surface area contributed by atoms with Crippen LogP contribution in [0.3, 0.4) is 0 Å². The molecule has 1 N–H and O–H groups in total. The second kappa shape index (κ2) is 7.53. The average Bonchev–Trinajstić information content (AvgIpc) is 3.07. The molecule has 6 heteroatoms. The number of carbonyl (C=O) groups excluding carboxylic acids is 2. The molecule has 0 saturated heterocycles. The predicted octanol–water partition coefficient (Wildman–Crippen LogP) is 4.06. The summed E-state index contributed by atoms with van der Waals surface area (Å²) in [6, 6.07) is 12.7. The lowest BCUT2D eigenvalue weighted by atomic mass is 10.1. The van der Waals surface area contributed by atoms with E-state index in [0.29, 0.717) is 22.7 Å². The van der Waals surface area contributed by atoms with Crippen molar-refractivity contribution in [3.8, 4) is 11.5 Å². The van der Waals surface area contributed by atoms with E-state index in [2.05, 4.69) is 5.32 Å². The molecule has 3 aromatic rings. The van der Waals surface area contributed by atoms with Crippen LogP contribution in [0.4, 0.5) is 5.69 Å². The van der Waals surface area contributed by atoms with Gasteiger partial charge >= 0.3 is 0 Å². The molecule has 0 unspecified atom stereocenters. The number of ether oxygens (including phenoxy) is 2. The van der Waals surface area contributed by atoms with Crippen molar-refractivity contribution >= 4 is 28.3 Å². The van der Waals surface area contributed by atoms with Crippen LogP contribution in [0.5, 0.6) is 11.5 Å². The molecule has 0 aliphatic heterocycles. The van der Waals surface area contributed by atoms with Crippen molar-refractivity contribution < 1.29 is 19.1 Å². The fourth-order valence-corrected chi connectivity index (χ4v) is 3.04. The zero-order valence-corrected chi connectivity index (χ0v) is 15.8. The van der Waals surface area contributed by atoms with Gasteiger partial charge in [-0.15, -0.1) is 0 Å². The molecular weight excluding hydrogens is 344 g/mol. The van der Waals surface area contributed by atoms with Gasteiger partial charge in [-0.3, -0.25) is 9.59 Å². The molecule has 0 aliphatic rings. The Morgan fingerprint density at radius 2 is 1.70 bits per heavy atom. The topological polar surface area (TPSA) is 69.6 Å². The summed E-state index contributed by atoms with van der Waals surface area (Å²) in [5.41, 5.74) is 1.77. The molecule has 0 saturated carbocycles. The Bertz CT molecular complexity index is 1000. The van der Waals surface area contributed by atoms with Gasteiger partial charge in [0.15, 0.2) is 11.5 Å². The smallest absolute Gasteiger partial charge is 0.296 e. The van der Waals surface area contributed by atoms with Gasteiger partial charge < -0.3 is 19.4 Å². The molecule has 0 aliphatic carbocycles. The number of aromatic nitrogens is 1. The van der Waals surface area contributed by atoms with Crippen molar-refractivity contribution in [2.75, 3.05) is 19.5 Å². The van der Waals surface area contributed by atoms with E-state index in [0.717, 1.165) is 10.9 Å². The van der Waals surface area contributed by atoms with Gasteiger partial charge in [-0.05, 0) is 32.0 Å². The van der Waals surface area contributed by atoms with E-state index in [9.17, 15) is 9.59 Å². The monoisotopic (exact) mass is 366 g/mol. The first kappa shape index (κ1) is 18.5. The Labute approximate surface area is 157 Å². The lowest BCUT2D eigenvalue weighted by Gasteiger charge is -2.10. The van der Waals surface area contributed by atoms with Crippen LogP contribution in [-0.2, 0) is 4.79 Å². The van der Waals surface area contributed by atoms with E-state index in [1.807, 2.05) is 42.7 Å². The van der Waals surface area contributed by atoms with E-state index in [-0.39, 0.29) is 6.04 Å². The number of amides is 1. The van der Waals surface area contributed by atoms with E-state index in [4.69, 9.17) is 9.47 Å². The summed E-state index contributed by atoms with van der Waals surface area (Å²) < 4.78 is 12.4. The second-order valence-corrected chi connectivity index (χ2v) is 6.41. The summed E-state index contributed by atoms with van der Waals surface area (Å²) >= 11 is 0. The summed E-state index contributed by atoms with van der Waals surface area (Å²) in [4.78, 5) is 25.3. The highest BCUT2D eigenvalue weighted by atomic mass is 16.5. The Kier molecular flexibility index (Phi) is 5.16. The van der Waals surface area contributed by atoms with Crippen LogP contribution >= 0.6 is 0 Å². The van der Waals surface area contributed by atoms with Crippen LogP contribution in [0, 0.1) is 0 Å². The number of rotatable bonds is 6. The summed E-state index contributed by atoms with van der Waals surface area (Å²) in [5, 5.41) is 3.40. The van der Waals surface area contributed by atoms with Gasteiger partial charge in [-0.25, -0.2) is 0 Å². The molecule has 3 rings (SSSR count). The minimum atomic E-state index is -0.700. The van der Waals surface area contributed by atoms with Gasteiger partial charge in [0.2, 0.25) is 0 Å². The maximum Gasteiger partial charge on any atom is 0.296 e. The fourth-order valence-electron chi connectivity index (χ4n) is 3.04. The molecule has 140 valence electrons. The van der Waals surface area contributed by atoms with Crippen molar-refractivity contribution in [2.45, 2.75) is 19.9 Å².